The Bertz CT molecular complexity index is 453. The Morgan fingerprint density at radius 3 is 2.68 bits per heavy atom. The van der Waals surface area contributed by atoms with E-state index >= 15 is 0 Å². The van der Waals surface area contributed by atoms with Gasteiger partial charge in [-0.25, -0.2) is 0 Å². The topological polar surface area (TPSA) is 55.9 Å². The van der Waals surface area contributed by atoms with Crippen LogP contribution < -0.4 is 11.3 Å². The molecule has 0 spiro atoms. The van der Waals surface area contributed by atoms with Crippen molar-refractivity contribution in [2.24, 2.45) is 24.2 Å². The summed E-state index contributed by atoms with van der Waals surface area (Å²) in [5, 5.41) is 5.11. The minimum atomic E-state index is 0.262. The van der Waals surface area contributed by atoms with E-state index in [1.165, 1.54) is 19.3 Å². The van der Waals surface area contributed by atoms with Crippen molar-refractivity contribution in [3.8, 4) is 0 Å². The smallest absolute Gasteiger partial charge is 0.130 e. The lowest BCUT2D eigenvalue weighted by molar-refractivity contribution is 0.196. The van der Waals surface area contributed by atoms with Gasteiger partial charge in [0.25, 0.3) is 0 Å². The van der Waals surface area contributed by atoms with Crippen LogP contribution in [0.15, 0.2) is 0 Å². The van der Waals surface area contributed by atoms with Crippen molar-refractivity contribution in [3.63, 3.8) is 0 Å². The molecule has 1 aliphatic rings. The molecule has 5 heteroatoms. The second-order valence-electron chi connectivity index (χ2n) is 6.44. The first-order valence-electron chi connectivity index (χ1n) is 7.01. The van der Waals surface area contributed by atoms with Crippen molar-refractivity contribution in [1.82, 2.24) is 15.2 Å². The largest absolute Gasteiger partial charge is 0.271 e. The van der Waals surface area contributed by atoms with Crippen LogP contribution in [0.2, 0.25) is 5.15 Å². The molecule has 1 aromatic rings. The number of aromatic nitrogens is 2. The van der Waals surface area contributed by atoms with E-state index < -0.39 is 0 Å². The monoisotopic (exact) mass is 284 g/mol. The maximum atomic E-state index is 6.32. The summed E-state index contributed by atoms with van der Waals surface area (Å²) in [7, 11) is 1.88. The SMILES string of the molecule is Cc1nn(C)c(Cl)c1CC(NN)C1CCCC1(C)C. The van der Waals surface area contributed by atoms with Crippen LogP contribution in [0, 0.1) is 18.3 Å². The van der Waals surface area contributed by atoms with Crippen LogP contribution in [0.25, 0.3) is 0 Å². The van der Waals surface area contributed by atoms with Crippen molar-refractivity contribution in [2.45, 2.75) is 52.5 Å². The van der Waals surface area contributed by atoms with E-state index in [-0.39, 0.29) is 6.04 Å². The van der Waals surface area contributed by atoms with Crippen LogP contribution >= 0.6 is 11.6 Å². The van der Waals surface area contributed by atoms with Crippen LogP contribution in [0.5, 0.6) is 0 Å². The zero-order valence-electron chi connectivity index (χ0n) is 12.3. The summed E-state index contributed by atoms with van der Waals surface area (Å²) in [4.78, 5) is 0. The van der Waals surface area contributed by atoms with Gasteiger partial charge >= 0.3 is 0 Å². The minimum absolute atomic E-state index is 0.262. The number of hydrogen-bond acceptors (Lipinski definition) is 3. The van der Waals surface area contributed by atoms with Gasteiger partial charge in [0, 0.05) is 18.7 Å². The quantitative estimate of drug-likeness (QED) is 0.660. The van der Waals surface area contributed by atoms with Crippen molar-refractivity contribution in [2.75, 3.05) is 0 Å². The highest BCUT2D eigenvalue weighted by Gasteiger charge is 2.39. The normalized spacial score (nSPS) is 23.8. The predicted octanol–water partition coefficient (Wildman–Crippen LogP) is 2.58. The van der Waals surface area contributed by atoms with Crippen molar-refractivity contribution < 1.29 is 0 Å². The molecule has 1 heterocycles. The Hall–Kier alpha value is -0.580. The fourth-order valence-corrected chi connectivity index (χ4v) is 3.79. The Balaban J connectivity index is 2.20. The third-order valence-corrected chi connectivity index (χ3v) is 5.21. The Kier molecular flexibility index (Phi) is 4.23. The van der Waals surface area contributed by atoms with Gasteiger partial charge in [-0.05, 0) is 37.5 Å². The first-order chi connectivity index (χ1) is 8.86. The second-order valence-corrected chi connectivity index (χ2v) is 6.80. The lowest BCUT2D eigenvalue weighted by Gasteiger charge is -2.33. The molecule has 2 rings (SSSR count). The van der Waals surface area contributed by atoms with Crippen molar-refractivity contribution >= 4 is 11.6 Å². The van der Waals surface area contributed by atoms with Gasteiger partial charge < -0.3 is 0 Å². The third-order valence-electron chi connectivity index (χ3n) is 4.73. The number of rotatable bonds is 4. The standard InChI is InChI=1S/C14H25ClN4/c1-9-10(13(15)19(4)18-9)8-12(17-16)11-6-5-7-14(11,2)3/h11-12,17H,5-8,16H2,1-4H3. The molecule has 1 aromatic heterocycles. The van der Waals surface area contributed by atoms with Gasteiger partial charge in [-0.1, -0.05) is 31.9 Å². The predicted molar refractivity (Wildman–Crippen MR) is 78.9 cm³/mol. The van der Waals surface area contributed by atoms with E-state index in [0.717, 1.165) is 22.8 Å². The van der Waals surface area contributed by atoms with Gasteiger partial charge in [0.2, 0.25) is 0 Å². The summed E-state index contributed by atoms with van der Waals surface area (Å²) >= 11 is 6.32. The fraction of sp³-hybridized carbons (Fsp3) is 0.786. The molecular formula is C14H25ClN4. The van der Waals surface area contributed by atoms with Gasteiger partial charge in [-0.2, -0.15) is 5.10 Å². The van der Waals surface area contributed by atoms with Crippen LogP contribution in [-0.2, 0) is 13.5 Å². The number of halogens is 1. The van der Waals surface area contributed by atoms with Gasteiger partial charge in [0.1, 0.15) is 5.15 Å². The van der Waals surface area contributed by atoms with Gasteiger partial charge in [-0.3, -0.25) is 16.0 Å². The first-order valence-corrected chi connectivity index (χ1v) is 7.38. The lowest BCUT2D eigenvalue weighted by atomic mass is 9.76. The van der Waals surface area contributed by atoms with E-state index in [9.17, 15) is 0 Å². The molecule has 2 atom stereocenters. The van der Waals surface area contributed by atoms with E-state index in [1.54, 1.807) is 4.68 Å². The van der Waals surface area contributed by atoms with Gasteiger partial charge in [0.05, 0.1) is 5.69 Å². The average Bonchev–Trinajstić information content (AvgIpc) is 2.79. The number of nitrogens with two attached hydrogens (primary N) is 1. The number of hydrazine groups is 1. The molecule has 1 aliphatic carbocycles. The summed E-state index contributed by atoms with van der Waals surface area (Å²) in [6.45, 7) is 6.69. The Labute approximate surface area is 120 Å². The molecule has 19 heavy (non-hydrogen) atoms. The summed E-state index contributed by atoms with van der Waals surface area (Å²) < 4.78 is 1.74. The zero-order valence-corrected chi connectivity index (χ0v) is 13.1. The highest BCUT2D eigenvalue weighted by Crippen LogP contribution is 2.45. The number of aryl methyl sites for hydroxylation is 2. The number of hydrogen-bond donors (Lipinski definition) is 2. The van der Waals surface area contributed by atoms with Crippen LogP contribution in [0.1, 0.15) is 44.4 Å². The third kappa shape index (κ3) is 2.81. The van der Waals surface area contributed by atoms with Crippen LogP contribution in [0.3, 0.4) is 0 Å². The van der Waals surface area contributed by atoms with E-state index in [1.807, 2.05) is 14.0 Å². The number of nitrogens with one attached hydrogen (secondary N) is 1. The maximum absolute atomic E-state index is 6.32. The molecular weight excluding hydrogens is 260 g/mol. The Morgan fingerprint density at radius 2 is 2.26 bits per heavy atom. The van der Waals surface area contributed by atoms with Crippen LogP contribution in [0.4, 0.5) is 0 Å². The van der Waals surface area contributed by atoms with Crippen LogP contribution in [-0.4, -0.2) is 15.8 Å². The molecule has 1 fully saturated rings. The molecule has 0 aliphatic heterocycles. The van der Waals surface area contributed by atoms with E-state index in [0.29, 0.717) is 11.3 Å². The molecule has 3 N–H and O–H groups in total. The molecule has 2 unspecified atom stereocenters. The molecule has 0 saturated heterocycles. The average molecular weight is 285 g/mol. The van der Waals surface area contributed by atoms with E-state index in [2.05, 4.69) is 24.4 Å². The van der Waals surface area contributed by atoms with Crippen molar-refractivity contribution in [1.29, 1.82) is 0 Å². The lowest BCUT2D eigenvalue weighted by Crippen LogP contribution is -2.45. The van der Waals surface area contributed by atoms with Crippen molar-refractivity contribution in [3.05, 3.63) is 16.4 Å². The van der Waals surface area contributed by atoms with E-state index in [4.69, 9.17) is 17.4 Å². The van der Waals surface area contributed by atoms with Gasteiger partial charge in [-0.15, -0.1) is 0 Å². The molecule has 108 valence electrons. The maximum Gasteiger partial charge on any atom is 0.130 e. The molecule has 1 saturated carbocycles. The number of nitrogens with zero attached hydrogens (tertiary/aromatic N) is 2. The highest BCUT2D eigenvalue weighted by atomic mass is 35.5. The molecule has 4 nitrogen and oxygen atoms in total. The first kappa shape index (κ1) is 14.8. The highest BCUT2D eigenvalue weighted by molar-refractivity contribution is 6.30. The molecule has 0 bridgehead atoms. The summed E-state index contributed by atoms with van der Waals surface area (Å²) in [5.41, 5.74) is 5.49. The minimum Gasteiger partial charge on any atom is -0.271 e. The summed E-state index contributed by atoms with van der Waals surface area (Å²) in [6, 6.07) is 0.262. The fourth-order valence-electron chi connectivity index (χ4n) is 3.54. The second kappa shape index (κ2) is 5.43. The molecule has 0 radical (unpaired) electrons. The summed E-state index contributed by atoms with van der Waals surface area (Å²) in [6.07, 6.45) is 4.65. The zero-order chi connectivity index (χ0) is 14.2. The Morgan fingerprint density at radius 1 is 1.58 bits per heavy atom. The molecule has 0 amide bonds. The molecule has 0 aromatic carbocycles. The summed E-state index contributed by atoms with van der Waals surface area (Å²) in [5.74, 6) is 6.40. The van der Waals surface area contributed by atoms with Gasteiger partial charge in [0.15, 0.2) is 0 Å².